The lowest BCUT2D eigenvalue weighted by Gasteiger charge is -2.50. The van der Waals surface area contributed by atoms with Gasteiger partial charge in [-0.25, -0.2) is 9.18 Å². The lowest BCUT2D eigenvalue weighted by Crippen LogP contribution is -2.63. The van der Waals surface area contributed by atoms with Crippen molar-refractivity contribution in [2.75, 3.05) is 5.32 Å². The van der Waals surface area contributed by atoms with Crippen LogP contribution in [0.3, 0.4) is 0 Å². The van der Waals surface area contributed by atoms with Gasteiger partial charge in [0.05, 0.1) is 17.4 Å². The maximum Gasteiger partial charge on any atom is 0.418 e. The summed E-state index contributed by atoms with van der Waals surface area (Å²) in [4.78, 5) is 15.6. The zero-order valence-corrected chi connectivity index (χ0v) is 19.1. The van der Waals surface area contributed by atoms with Gasteiger partial charge in [-0.1, -0.05) is 18.5 Å². The van der Waals surface area contributed by atoms with Gasteiger partial charge in [-0.2, -0.15) is 18.3 Å². The molecule has 2 saturated carbocycles. The molecule has 3 heterocycles. The Morgan fingerprint density at radius 1 is 1.31 bits per heavy atom. The van der Waals surface area contributed by atoms with Gasteiger partial charge >= 0.3 is 12.2 Å². The van der Waals surface area contributed by atoms with E-state index in [2.05, 4.69) is 32.6 Å². The van der Waals surface area contributed by atoms with Crippen LogP contribution < -0.4 is 5.32 Å². The lowest BCUT2D eigenvalue weighted by atomic mass is 9.72. The molecule has 1 aromatic carbocycles. The Morgan fingerprint density at radius 3 is 2.71 bits per heavy atom. The molecule has 1 saturated heterocycles. The van der Waals surface area contributed by atoms with Crippen molar-refractivity contribution >= 4 is 23.3 Å². The highest BCUT2D eigenvalue weighted by molar-refractivity contribution is 6.29. The molecule has 2 amide bonds. The predicted molar refractivity (Wildman–Crippen MR) is 112 cm³/mol. The van der Waals surface area contributed by atoms with E-state index in [4.69, 9.17) is 16.0 Å². The van der Waals surface area contributed by atoms with E-state index >= 15 is 0 Å². The number of nitrogens with one attached hydrogen (secondary N) is 1. The van der Waals surface area contributed by atoms with Crippen molar-refractivity contribution in [3.8, 4) is 5.69 Å². The first-order chi connectivity index (χ1) is 16.5. The maximum atomic E-state index is 14.8. The van der Waals surface area contributed by atoms with Crippen LogP contribution in [0, 0.1) is 30.5 Å². The van der Waals surface area contributed by atoms with Crippen molar-refractivity contribution in [1.29, 1.82) is 0 Å². The molecule has 14 heteroatoms. The number of nitrogens with zero attached hydrogens (tertiary/aromatic N) is 6. The van der Waals surface area contributed by atoms with Crippen molar-refractivity contribution < 1.29 is 26.8 Å². The third kappa shape index (κ3) is 3.16. The Bertz CT molecular complexity index is 1360. The fraction of sp³-hybridized carbons (Fsp3) is 0.476. The molecule has 2 unspecified atom stereocenters. The number of urea groups is 1. The van der Waals surface area contributed by atoms with E-state index in [9.17, 15) is 22.4 Å². The second kappa shape index (κ2) is 7.15. The van der Waals surface area contributed by atoms with Gasteiger partial charge in [0.15, 0.2) is 5.15 Å². The summed E-state index contributed by atoms with van der Waals surface area (Å²) in [5.41, 5.74) is -3.16. The van der Waals surface area contributed by atoms with Gasteiger partial charge in [0.2, 0.25) is 11.8 Å². The van der Waals surface area contributed by atoms with Crippen LogP contribution in [0.2, 0.25) is 5.15 Å². The molecular weight excluding hydrogens is 494 g/mol. The van der Waals surface area contributed by atoms with Crippen LogP contribution in [-0.2, 0) is 11.7 Å². The van der Waals surface area contributed by atoms with Gasteiger partial charge in [-0.05, 0) is 36.8 Å². The molecule has 35 heavy (non-hydrogen) atoms. The van der Waals surface area contributed by atoms with E-state index in [1.165, 1.54) is 0 Å². The average Bonchev–Trinajstić information content (AvgIpc) is 3.03. The molecule has 2 aromatic heterocycles. The zero-order chi connectivity index (χ0) is 24.9. The molecule has 3 fully saturated rings. The Hall–Kier alpha value is -3.22. The molecule has 5 atom stereocenters. The molecule has 0 bridgehead atoms. The minimum Gasteiger partial charge on any atom is -0.423 e. The fourth-order valence-corrected chi connectivity index (χ4v) is 6.11. The number of carbonyl (C=O) groups is 1. The summed E-state index contributed by atoms with van der Waals surface area (Å²) >= 11 is 5.71. The highest BCUT2D eigenvalue weighted by Crippen LogP contribution is 2.74. The molecule has 9 nitrogen and oxygen atoms in total. The number of benzene rings is 1. The van der Waals surface area contributed by atoms with Crippen LogP contribution in [0.4, 0.5) is 28.0 Å². The van der Waals surface area contributed by atoms with Crippen LogP contribution >= 0.6 is 11.6 Å². The van der Waals surface area contributed by atoms with E-state index in [1.807, 2.05) is 0 Å². The number of hydrogen-bond acceptors (Lipinski definition) is 6. The molecule has 0 spiro atoms. The molecular formula is C21H18ClF4N7O2. The first kappa shape index (κ1) is 22.3. The second-order valence-electron chi connectivity index (χ2n) is 9.38. The molecule has 6 rings (SSSR count). The summed E-state index contributed by atoms with van der Waals surface area (Å²) in [5.74, 6) is 0.130. The summed E-state index contributed by atoms with van der Waals surface area (Å²) in [6.45, 7) is 3.73. The van der Waals surface area contributed by atoms with Crippen LogP contribution in [0.5, 0.6) is 0 Å². The summed E-state index contributed by atoms with van der Waals surface area (Å²) < 4.78 is 61.4. The van der Waals surface area contributed by atoms with E-state index in [0.717, 1.165) is 18.7 Å². The predicted octanol–water partition coefficient (Wildman–Crippen LogP) is 4.56. The molecule has 3 aromatic rings. The van der Waals surface area contributed by atoms with Gasteiger partial charge in [-0.15, -0.1) is 20.1 Å². The van der Waals surface area contributed by atoms with Crippen LogP contribution in [0.1, 0.15) is 37.1 Å². The Morgan fingerprint density at radius 2 is 2.09 bits per heavy atom. The number of fused-ring (bicyclic) bond motifs is 1. The monoisotopic (exact) mass is 511 g/mol. The Kier molecular flexibility index (Phi) is 4.55. The van der Waals surface area contributed by atoms with E-state index < -0.39 is 40.5 Å². The number of halogens is 5. The largest absolute Gasteiger partial charge is 0.423 e. The summed E-state index contributed by atoms with van der Waals surface area (Å²) in [5, 5.41) is 17.8. The number of amides is 2. The van der Waals surface area contributed by atoms with E-state index in [1.54, 1.807) is 11.8 Å². The smallest absolute Gasteiger partial charge is 0.418 e. The van der Waals surface area contributed by atoms with Gasteiger partial charge in [0, 0.05) is 18.9 Å². The van der Waals surface area contributed by atoms with Crippen molar-refractivity contribution in [3.63, 3.8) is 0 Å². The normalized spacial score (nSPS) is 28.9. The fourth-order valence-electron chi connectivity index (χ4n) is 6.00. The minimum atomic E-state index is -4.90. The van der Waals surface area contributed by atoms with Gasteiger partial charge < -0.3 is 14.6 Å². The second-order valence-corrected chi connectivity index (χ2v) is 9.77. The lowest BCUT2D eigenvalue weighted by molar-refractivity contribution is -0.137. The first-order valence-electron chi connectivity index (χ1n) is 10.9. The van der Waals surface area contributed by atoms with Crippen molar-refractivity contribution in [3.05, 3.63) is 46.6 Å². The van der Waals surface area contributed by atoms with Crippen molar-refractivity contribution in [2.45, 2.75) is 44.4 Å². The third-order valence-corrected chi connectivity index (χ3v) is 7.34. The summed E-state index contributed by atoms with van der Waals surface area (Å²) in [6.07, 6.45) is -2.33. The molecule has 1 aliphatic heterocycles. The van der Waals surface area contributed by atoms with E-state index in [-0.39, 0.29) is 28.9 Å². The number of alkyl halides is 3. The summed E-state index contributed by atoms with van der Waals surface area (Å²) in [7, 11) is 0. The maximum absolute atomic E-state index is 14.8. The van der Waals surface area contributed by atoms with Crippen LogP contribution in [-0.4, -0.2) is 42.2 Å². The molecule has 0 radical (unpaired) electrons. The van der Waals surface area contributed by atoms with Gasteiger partial charge in [0.1, 0.15) is 17.0 Å². The quantitative estimate of drug-likeness (QED) is 0.517. The summed E-state index contributed by atoms with van der Waals surface area (Å²) in [6, 6.07) is 0.412. The van der Waals surface area contributed by atoms with Gasteiger partial charge in [0.25, 0.3) is 0 Å². The highest BCUT2D eigenvalue weighted by atomic mass is 35.5. The Labute approximate surface area is 200 Å². The number of anilines is 1. The zero-order valence-electron chi connectivity index (χ0n) is 18.3. The van der Waals surface area contributed by atoms with Crippen molar-refractivity contribution in [2.24, 2.45) is 17.8 Å². The SMILES string of the molecule is Cc1nnc(C23C[C@H](C)C[C@H]4C([C@H]42)N3C(=O)Nc2cc(-n3ncc(Cl)n3)c(C(F)(F)F)cc2F)o1. The molecule has 2 aliphatic carbocycles. The number of aromatic nitrogens is 5. The number of rotatable bonds is 3. The number of carbonyl (C=O) groups excluding carboxylic acids is 1. The van der Waals surface area contributed by atoms with Gasteiger partial charge in [-0.3, -0.25) is 0 Å². The number of likely N-dealkylation sites (tertiary alicyclic amines) is 1. The molecule has 3 aliphatic rings. The topological polar surface area (TPSA) is 102 Å². The number of hydrogen-bond donors (Lipinski definition) is 1. The Balaban J connectivity index is 1.37. The van der Waals surface area contributed by atoms with E-state index in [0.29, 0.717) is 29.1 Å². The first-order valence-corrected chi connectivity index (χ1v) is 11.3. The highest BCUT2D eigenvalue weighted by Gasteiger charge is 2.82. The molecule has 184 valence electrons. The average molecular weight is 512 g/mol. The van der Waals surface area contributed by atoms with Crippen LogP contribution in [0.25, 0.3) is 5.69 Å². The molecule has 1 N–H and O–H groups in total. The number of aryl methyl sites for hydroxylation is 1. The van der Waals surface area contributed by atoms with Crippen LogP contribution in [0.15, 0.2) is 22.7 Å². The standard InChI is InChI=1S/C21H18ClF4N7O2/c1-8-3-10-16-17(10)32(20(16,6-8)18-30-29-9(2)35-18)19(34)28-13-5-14(33-27-7-15(22)31-33)11(4-12(13)23)21(24,25)26/h4-5,7-8,10,16-17H,3,6H2,1-2H3,(H,28,34)/t8-,10-,16+,17?,20?/m1/s1. The minimum absolute atomic E-state index is 0.0734. The third-order valence-electron chi connectivity index (χ3n) is 7.17. The van der Waals surface area contributed by atoms with Crippen molar-refractivity contribution in [1.82, 2.24) is 30.1 Å².